The van der Waals surface area contributed by atoms with Crippen LogP contribution in [0.1, 0.15) is 37.3 Å². The van der Waals surface area contributed by atoms with Gasteiger partial charge in [0.2, 0.25) is 5.91 Å². The summed E-state index contributed by atoms with van der Waals surface area (Å²) in [5.74, 6) is -1.21. The molecule has 0 saturated carbocycles. The maximum absolute atomic E-state index is 11.6. The summed E-state index contributed by atoms with van der Waals surface area (Å²) >= 11 is 0. The first-order chi connectivity index (χ1) is 9.93. The van der Waals surface area contributed by atoms with Crippen LogP contribution in [0.3, 0.4) is 0 Å². The van der Waals surface area contributed by atoms with Gasteiger partial charge >= 0.3 is 5.97 Å². The Kier molecular flexibility index (Phi) is 6.62. The number of benzene rings is 1. The third kappa shape index (κ3) is 5.79. The molecule has 0 aliphatic rings. The Bertz CT molecular complexity index is 506. The molecule has 5 heteroatoms. The van der Waals surface area contributed by atoms with Crippen molar-refractivity contribution in [3.63, 3.8) is 0 Å². The van der Waals surface area contributed by atoms with Crippen molar-refractivity contribution in [2.24, 2.45) is 0 Å². The van der Waals surface area contributed by atoms with E-state index in [2.05, 4.69) is 19.2 Å². The summed E-state index contributed by atoms with van der Waals surface area (Å²) in [6, 6.07) is 6.72. The number of hydrogen-bond donors (Lipinski definition) is 3. The van der Waals surface area contributed by atoms with E-state index in [0.717, 1.165) is 5.56 Å². The van der Waals surface area contributed by atoms with Gasteiger partial charge in [0.15, 0.2) is 0 Å². The van der Waals surface area contributed by atoms with Crippen molar-refractivity contribution in [3.05, 3.63) is 41.5 Å². The highest BCUT2D eigenvalue weighted by molar-refractivity contribution is 5.94. The Balaban J connectivity index is 2.62. The highest BCUT2D eigenvalue weighted by Crippen LogP contribution is 2.15. The number of rotatable bonds is 7. The Hall–Kier alpha value is -2.14. The Morgan fingerprint density at radius 2 is 1.86 bits per heavy atom. The molecule has 5 nitrogen and oxygen atoms in total. The van der Waals surface area contributed by atoms with Gasteiger partial charge in [0.25, 0.3) is 0 Å². The van der Waals surface area contributed by atoms with Crippen LogP contribution in [0.25, 0.3) is 6.08 Å². The van der Waals surface area contributed by atoms with Crippen LogP contribution in [0.2, 0.25) is 0 Å². The van der Waals surface area contributed by atoms with Crippen molar-refractivity contribution in [3.8, 4) is 0 Å². The molecule has 1 rings (SSSR count). The van der Waals surface area contributed by atoms with Crippen LogP contribution in [0.15, 0.2) is 30.3 Å². The van der Waals surface area contributed by atoms with E-state index in [0.29, 0.717) is 5.92 Å². The fourth-order valence-electron chi connectivity index (χ4n) is 1.77. The summed E-state index contributed by atoms with van der Waals surface area (Å²) in [5.41, 5.74) is 2.08. The molecule has 0 aliphatic carbocycles. The summed E-state index contributed by atoms with van der Waals surface area (Å²) in [5, 5.41) is 19.9. The van der Waals surface area contributed by atoms with Crippen LogP contribution in [-0.4, -0.2) is 34.7 Å². The van der Waals surface area contributed by atoms with E-state index in [4.69, 9.17) is 10.2 Å². The van der Waals surface area contributed by atoms with Gasteiger partial charge in [-0.15, -0.1) is 0 Å². The van der Waals surface area contributed by atoms with Gasteiger partial charge in [0.05, 0.1) is 0 Å². The SMILES string of the molecule is CC(C)c1ccc(/C=C/C(=O)NC(CCO)C(=O)O)cc1. The summed E-state index contributed by atoms with van der Waals surface area (Å²) in [4.78, 5) is 22.5. The number of carboxylic acid groups (broad SMARTS) is 1. The van der Waals surface area contributed by atoms with Crippen LogP contribution >= 0.6 is 0 Å². The molecular weight excluding hydrogens is 270 g/mol. The first kappa shape index (κ1) is 16.9. The van der Waals surface area contributed by atoms with Gasteiger partial charge < -0.3 is 15.5 Å². The van der Waals surface area contributed by atoms with Crippen LogP contribution < -0.4 is 5.32 Å². The average Bonchev–Trinajstić information content (AvgIpc) is 2.45. The monoisotopic (exact) mass is 291 g/mol. The fraction of sp³-hybridized carbons (Fsp3) is 0.375. The number of nitrogens with one attached hydrogen (secondary N) is 1. The topological polar surface area (TPSA) is 86.6 Å². The lowest BCUT2D eigenvalue weighted by molar-refractivity contribution is -0.141. The molecule has 1 atom stereocenters. The average molecular weight is 291 g/mol. The summed E-state index contributed by atoms with van der Waals surface area (Å²) in [6.07, 6.45) is 2.90. The molecule has 114 valence electrons. The number of carbonyl (C=O) groups is 2. The maximum atomic E-state index is 11.6. The predicted octanol–water partition coefficient (Wildman–Crippen LogP) is 1.78. The van der Waals surface area contributed by atoms with Crippen LogP contribution in [0.5, 0.6) is 0 Å². The quantitative estimate of drug-likeness (QED) is 0.668. The summed E-state index contributed by atoms with van der Waals surface area (Å²) in [6.45, 7) is 3.91. The molecule has 0 spiro atoms. The number of aliphatic hydroxyl groups excluding tert-OH is 1. The molecule has 1 aromatic carbocycles. The normalized spacial score (nSPS) is 12.6. The highest BCUT2D eigenvalue weighted by Gasteiger charge is 2.17. The lowest BCUT2D eigenvalue weighted by Crippen LogP contribution is -2.40. The van der Waals surface area contributed by atoms with Gasteiger partial charge in [0.1, 0.15) is 6.04 Å². The van der Waals surface area contributed by atoms with E-state index >= 15 is 0 Å². The zero-order valence-electron chi connectivity index (χ0n) is 12.2. The van der Waals surface area contributed by atoms with Crippen molar-refractivity contribution >= 4 is 18.0 Å². The number of hydrogen-bond acceptors (Lipinski definition) is 3. The zero-order valence-corrected chi connectivity index (χ0v) is 12.2. The van der Waals surface area contributed by atoms with Crippen molar-refractivity contribution in [1.82, 2.24) is 5.32 Å². The lowest BCUT2D eigenvalue weighted by atomic mass is 10.0. The maximum Gasteiger partial charge on any atom is 0.326 e. The summed E-state index contributed by atoms with van der Waals surface area (Å²) in [7, 11) is 0. The molecule has 0 saturated heterocycles. The molecule has 0 radical (unpaired) electrons. The number of aliphatic carboxylic acids is 1. The van der Waals surface area contributed by atoms with Crippen molar-refractivity contribution < 1.29 is 19.8 Å². The second kappa shape index (κ2) is 8.21. The minimum Gasteiger partial charge on any atom is -0.480 e. The molecule has 3 N–H and O–H groups in total. The van der Waals surface area contributed by atoms with E-state index < -0.39 is 17.9 Å². The second-order valence-electron chi connectivity index (χ2n) is 5.07. The minimum absolute atomic E-state index is 0.0159. The van der Waals surface area contributed by atoms with Gasteiger partial charge in [-0.2, -0.15) is 0 Å². The first-order valence-corrected chi connectivity index (χ1v) is 6.86. The molecule has 21 heavy (non-hydrogen) atoms. The third-order valence-corrected chi connectivity index (χ3v) is 3.06. The number of aliphatic hydroxyl groups is 1. The minimum atomic E-state index is -1.16. The molecule has 0 bridgehead atoms. The van der Waals surface area contributed by atoms with E-state index in [1.54, 1.807) is 6.08 Å². The largest absolute Gasteiger partial charge is 0.480 e. The molecule has 1 amide bonds. The van der Waals surface area contributed by atoms with E-state index in [1.165, 1.54) is 11.6 Å². The Morgan fingerprint density at radius 3 is 2.33 bits per heavy atom. The predicted molar refractivity (Wildman–Crippen MR) is 80.8 cm³/mol. The molecule has 0 aromatic heterocycles. The molecule has 1 unspecified atom stereocenters. The van der Waals surface area contributed by atoms with Crippen LogP contribution in [0, 0.1) is 0 Å². The molecule has 1 aromatic rings. The van der Waals surface area contributed by atoms with Crippen molar-refractivity contribution in [2.45, 2.75) is 32.2 Å². The van der Waals surface area contributed by atoms with Gasteiger partial charge in [0, 0.05) is 19.1 Å². The Morgan fingerprint density at radius 1 is 1.24 bits per heavy atom. The van der Waals surface area contributed by atoms with E-state index in [-0.39, 0.29) is 13.0 Å². The molecule has 0 fully saturated rings. The van der Waals surface area contributed by atoms with Gasteiger partial charge in [-0.3, -0.25) is 4.79 Å². The fourth-order valence-corrected chi connectivity index (χ4v) is 1.77. The molecular formula is C16H21NO4. The number of carbonyl (C=O) groups excluding carboxylic acids is 1. The van der Waals surface area contributed by atoms with Crippen molar-refractivity contribution in [1.29, 1.82) is 0 Å². The zero-order chi connectivity index (χ0) is 15.8. The first-order valence-electron chi connectivity index (χ1n) is 6.86. The lowest BCUT2D eigenvalue weighted by Gasteiger charge is -2.11. The van der Waals surface area contributed by atoms with Gasteiger partial charge in [-0.1, -0.05) is 38.1 Å². The van der Waals surface area contributed by atoms with Crippen LogP contribution in [-0.2, 0) is 9.59 Å². The number of amides is 1. The van der Waals surface area contributed by atoms with Gasteiger partial charge in [-0.05, 0) is 23.1 Å². The highest BCUT2D eigenvalue weighted by atomic mass is 16.4. The van der Waals surface area contributed by atoms with E-state index in [1.807, 2.05) is 24.3 Å². The standard InChI is InChI=1S/C16H21NO4/c1-11(2)13-6-3-12(4-7-13)5-8-15(19)17-14(9-10-18)16(20)21/h3-8,11,14,18H,9-10H2,1-2H3,(H,17,19)(H,20,21)/b8-5+. The smallest absolute Gasteiger partial charge is 0.326 e. The third-order valence-electron chi connectivity index (χ3n) is 3.06. The molecule has 0 heterocycles. The Labute approximate surface area is 124 Å². The summed E-state index contributed by atoms with van der Waals surface area (Å²) < 4.78 is 0. The van der Waals surface area contributed by atoms with Crippen molar-refractivity contribution in [2.75, 3.05) is 6.61 Å². The van der Waals surface area contributed by atoms with E-state index in [9.17, 15) is 9.59 Å². The van der Waals surface area contributed by atoms with Crippen LogP contribution in [0.4, 0.5) is 0 Å². The number of carboxylic acids is 1. The second-order valence-corrected chi connectivity index (χ2v) is 5.07. The van der Waals surface area contributed by atoms with Gasteiger partial charge in [-0.25, -0.2) is 4.79 Å². The molecule has 0 aliphatic heterocycles.